The Morgan fingerprint density at radius 2 is 2.19 bits per heavy atom. The van der Waals surface area contributed by atoms with Crippen LogP contribution < -0.4 is 10.6 Å². The van der Waals surface area contributed by atoms with Crippen LogP contribution >= 0.6 is 11.3 Å². The van der Waals surface area contributed by atoms with Crippen molar-refractivity contribution in [1.29, 1.82) is 0 Å². The summed E-state index contributed by atoms with van der Waals surface area (Å²) >= 11 is 1.51. The number of aryl methyl sites for hydroxylation is 2. The third kappa shape index (κ3) is 4.27. The smallest absolute Gasteiger partial charge is 0.320 e. The fourth-order valence-electron chi connectivity index (χ4n) is 1.99. The first-order chi connectivity index (χ1) is 9.87. The molecule has 0 radical (unpaired) electrons. The highest BCUT2D eigenvalue weighted by Crippen LogP contribution is 2.22. The van der Waals surface area contributed by atoms with Crippen molar-refractivity contribution in [3.05, 3.63) is 45.8 Å². The van der Waals surface area contributed by atoms with E-state index in [-0.39, 0.29) is 12.6 Å². The molecule has 0 bridgehead atoms. The molecule has 2 heterocycles. The molecule has 0 aliphatic carbocycles. The number of aromatic nitrogens is 1. The summed E-state index contributed by atoms with van der Waals surface area (Å²) in [4.78, 5) is 16.1. The predicted octanol–water partition coefficient (Wildman–Crippen LogP) is 2.79. The Morgan fingerprint density at radius 1 is 1.43 bits per heavy atom. The number of anilines is 1. The first kappa shape index (κ1) is 15.5. The Kier molecular flexibility index (Phi) is 4.59. The first-order valence-electron chi connectivity index (χ1n) is 6.62. The minimum absolute atomic E-state index is 0.125. The van der Waals surface area contributed by atoms with Gasteiger partial charge in [0.15, 0.2) is 0 Å². The zero-order valence-corrected chi connectivity index (χ0v) is 13.1. The monoisotopic (exact) mass is 305 g/mol. The molecule has 0 fully saturated rings. The molecular weight excluding hydrogens is 286 g/mol. The van der Waals surface area contributed by atoms with Gasteiger partial charge in [0.1, 0.15) is 11.4 Å². The number of urea groups is 1. The number of nitrogens with one attached hydrogen (secondary N) is 2. The zero-order valence-electron chi connectivity index (χ0n) is 12.3. The average Bonchev–Trinajstić information content (AvgIpc) is 2.89. The van der Waals surface area contributed by atoms with Gasteiger partial charge in [-0.2, -0.15) is 11.3 Å². The summed E-state index contributed by atoms with van der Waals surface area (Å²) in [5, 5.41) is 19.4. The van der Waals surface area contributed by atoms with E-state index in [1.54, 1.807) is 13.0 Å². The van der Waals surface area contributed by atoms with Crippen LogP contribution in [-0.4, -0.2) is 22.7 Å². The maximum Gasteiger partial charge on any atom is 0.320 e. The van der Waals surface area contributed by atoms with Gasteiger partial charge in [0.25, 0.3) is 0 Å². The van der Waals surface area contributed by atoms with E-state index < -0.39 is 5.60 Å². The molecule has 2 rings (SSSR count). The number of amides is 2. The van der Waals surface area contributed by atoms with Crippen LogP contribution in [0.2, 0.25) is 0 Å². The number of hydrogen-bond acceptors (Lipinski definition) is 4. The summed E-state index contributed by atoms with van der Waals surface area (Å²) in [5.74, 6) is 0.500. The molecule has 1 unspecified atom stereocenters. The van der Waals surface area contributed by atoms with Crippen LogP contribution in [-0.2, 0) is 5.60 Å². The molecule has 21 heavy (non-hydrogen) atoms. The van der Waals surface area contributed by atoms with Crippen LogP contribution in [0.5, 0.6) is 0 Å². The van der Waals surface area contributed by atoms with Gasteiger partial charge >= 0.3 is 6.03 Å². The molecule has 0 aromatic carbocycles. The Morgan fingerprint density at radius 3 is 2.81 bits per heavy atom. The van der Waals surface area contributed by atoms with Crippen molar-refractivity contribution < 1.29 is 9.90 Å². The second-order valence-electron chi connectivity index (χ2n) is 5.26. The molecule has 2 aromatic rings. The summed E-state index contributed by atoms with van der Waals surface area (Å²) < 4.78 is 0. The van der Waals surface area contributed by atoms with Gasteiger partial charge in [-0.1, -0.05) is 0 Å². The maximum absolute atomic E-state index is 11.9. The van der Waals surface area contributed by atoms with Gasteiger partial charge in [0, 0.05) is 5.69 Å². The van der Waals surface area contributed by atoms with Crippen molar-refractivity contribution in [3.8, 4) is 0 Å². The van der Waals surface area contributed by atoms with E-state index in [9.17, 15) is 9.90 Å². The van der Waals surface area contributed by atoms with Gasteiger partial charge in [0.05, 0.1) is 6.54 Å². The molecule has 6 heteroatoms. The van der Waals surface area contributed by atoms with Crippen molar-refractivity contribution in [2.24, 2.45) is 0 Å². The van der Waals surface area contributed by atoms with E-state index in [2.05, 4.69) is 15.6 Å². The Hall–Kier alpha value is -1.92. The summed E-state index contributed by atoms with van der Waals surface area (Å²) in [7, 11) is 0. The molecule has 2 aromatic heterocycles. The second-order valence-corrected chi connectivity index (χ2v) is 6.04. The molecule has 0 spiro atoms. The maximum atomic E-state index is 11.9. The molecule has 0 saturated carbocycles. The number of thiophene rings is 1. The summed E-state index contributed by atoms with van der Waals surface area (Å²) in [5.41, 5.74) is 1.57. The van der Waals surface area contributed by atoms with Crippen molar-refractivity contribution in [2.75, 3.05) is 11.9 Å². The van der Waals surface area contributed by atoms with Crippen LogP contribution in [0, 0.1) is 13.8 Å². The van der Waals surface area contributed by atoms with E-state index in [1.165, 1.54) is 11.3 Å². The van der Waals surface area contributed by atoms with E-state index >= 15 is 0 Å². The second kappa shape index (κ2) is 6.24. The Labute approximate surface area is 128 Å². The highest BCUT2D eigenvalue weighted by Gasteiger charge is 2.24. The number of hydrogen-bond donors (Lipinski definition) is 3. The molecule has 0 aliphatic heterocycles. The van der Waals surface area contributed by atoms with E-state index in [0.717, 1.165) is 16.8 Å². The molecule has 5 nitrogen and oxygen atoms in total. The van der Waals surface area contributed by atoms with Gasteiger partial charge in [-0.25, -0.2) is 9.78 Å². The lowest BCUT2D eigenvalue weighted by Gasteiger charge is -2.22. The van der Waals surface area contributed by atoms with Gasteiger partial charge in [0.2, 0.25) is 0 Å². The summed E-state index contributed by atoms with van der Waals surface area (Å²) in [6, 6.07) is 5.19. The van der Waals surface area contributed by atoms with Crippen molar-refractivity contribution in [2.45, 2.75) is 26.4 Å². The van der Waals surface area contributed by atoms with Gasteiger partial charge in [-0.15, -0.1) is 0 Å². The first-order valence-corrected chi connectivity index (χ1v) is 7.56. The zero-order chi connectivity index (χ0) is 15.5. The third-order valence-electron chi connectivity index (χ3n) is 3.08. The number of carbonyl (C=O) groups excluding carboxylic acids is 1. The number of rotatable bonds is 4. The number of nitrogens with zero attached hydrogens (tertiary/aromatic N) is 1. The van der Waals surface area contributed by atoms with E-state index in [0.29, 0.717) is 5.82 Å². The van der Waals surface area contributed by atoms with Gasteiger partial charge in [-0.05, 0) is 60.9 Å². The molecular formula is C15H19N3O2S. The minimum atomic E-state index is -1.09. The highest BCUT2D eigenvalue weighted by molar-refractivity contribution is 7.08. The number of pyridine rings is 1. The van der Waals surface area contributed by atoms with Gasteiger partial charge < -0.3 is 10.4 Å². The SMILES string of the molecule is Cc1cc(C)nc(NC(=O)NCC(C)(O)c2ccsc2)c1. The van der Waals surface area contributed by atoms with Crippen molar-refractivity contribution in [3.63, 3.8) is 0 Å². The highest BCUT2D eigenvalue weighted by atomic mass is 32.1. The lowest BCUT2D eigenvalue weighted by atomic mass is 9.99. The largest absolute Gasteiger partial charge is 0.384 e. The molecule has 2 amide bonds. The lowest BCUT2D eigenvalue weighted by molar-refractivity contribution is 0.0604. The van der Waals surface area contributed by atoms with Gasteiger partial charge in [-0.3, -0.25) is 5.32 Å². The molecule has 0 aliphatic rings. The minimum Gasteiger partial charge on any atom is -0.384 e. The standard InChI is InChI=1S/C15H19N3O2S/c1-10-6-11(2)17-13(7-10)18-14(19)16-9-15(3,20)12-4-5-21-8-12/h4-8,20H,9H2,1-3H3,(H2,16,17,18,19). The fourth-order valence-corrected chi connectivity index (χ4v) is 2.77. The van der Waals surface area contributed by atoms with E-state index in [1.807, 2.05) is 36.7 Å². The molecule has 3 N–H and O–H groups in total. The normalized spacial score (nSPS) is 13.5. The van der Waals surface area contributed by atoms with E-state index in [4.69, 9.17) is 0 Å². The summed E-state index contributed by atoms with van der Waals surface area (Å²) in [6.07, 6.45) is 0. The average molecular weight is 305 g/mol. The molecule has 1 atom stereocenters. The summed E-state index contributed by atoms with van der Waals surface area (Å²) in [6.45, 7) is 5.61. The molecule has 112 valence electrons. The fraction of sp³-hybridized carbons (Fsp3) is 0.333. The Balaban J connectivity index is 1.93. The van der Waals surface area contributed by atoms with Crippen LogP contribution in [0.3, 0.4) is 0 Å². The molecule has 0 saturated heterocycles. The predicted molar refractivity (Wildman–Crippen MR) is 84.6 cm³/mol. The number of aliphatic hydroxyl groups is 1. The van der Waals surface area contributed by atoms with Crippen LogP contribution in [0.4, 0.5) is 10.6 Å². The topological polar surface area (TPSA) is 74.2 Å². The van der Waals surface area contributed by atoms with Crippen LogP contribution in [0.1, 0.15) is 23.7 Å². The quantitative estimate of drug-likeness (QED) is 0.813. The third-order valence-corrected chi connectivity index (χ3v) is 3.76. The van der Waals surface area contributed by atoms with Crippen molar-refractivity contribution >= 4 is 23.2 Å². The van der Waals surface area contributed by atoms with Crippen LogP contribution in [0.25, 0.3) is 0 Å². The van der Waals surface area contributed by atoms with Crippen molar-refractivity contribution in [1.82, 2.24) is 10.3 Å². The Bertz CT molecular complexity index is 604. The lowest BCUT2D eigenvalue weighted by Crippen LogP contribution is -2.40. The number of carbonyl (C=O) groups is 1. The van der Waals surface area contributed by atoms with Crippen LogP contribution in [0.15, 0.2) is 29.0 Å².